The first-order valence-corrected chi connectivity index (χ1v) is 8.97. The smallest absolute Gasteiger partial charge is 0.405 e. The number of nitrogens with one attached hydrogen (secondary N) is 2. The maximum atomic E-state index is 11.9. The highest BCUT2D eigenvalue weighted by atomic mass is 35.5. The van der Waals surface area contributed by atoms with Crippen molar-refractivity contribution in [3.8, 4) is 11.1 Å². The van der Waals surface area contributed by atoms with Gasteiger partial charge >= 0.3 is 6.09 Å². The van der Waals surface area contributed by atoms with E-state index in [1.54, 1.807) is 13.0 Å². The predicted molar refractivity (Wildman–Crippen MR) is 104 cm³/mol. The number of rotatable bonds is 7. The van der Waals surface area contributed by atoms with Gasteiger partial charge in [0.05, 0.1) is 10.0 Å². The van der Waals surface area contributed by atoms with Crippen molar-refractivity contribution in [2.45, 2.75) is 25.8 Å². The van der Waals surface area contributed by atoms with E-state index in [0.29, 0.717) is 29.4 Å². The van der Waals surface area contributed by atoms with Gasteiger partial charge in [0.1, 0.15) is 6.04 Å². The highest BCUT2D eigenvalue weighted by molar-refractivity contribution is 6.42. The molecule has 7 heteroatoms. The van der Waals surface area contributed by atoms with Crippen molar-refractivity contribution in [1.29, 1.82) is 0 Å². The van der Waals surface area contributed by atoms with Crippen LogP contribution in [0.3, 0.4) is 0 Å². The highest BCUT2D eigenvalue weighted by Crippen LogP contribution is 2.28. The summed E-state index contributed by atoms with van der Waals surface area (Å²) in [5.74, 6) is -0.317. The molecule has 1 unspecified atom stereocenters. The minimum Gasteiger partial charge on any atom is -0.465 e. The molecule has 2 aromatic rings. The summed E-state index contributed by atoms with van der Waals surface area (Å²) in [4.78, 5) is 22.6. The Hall–Kier alpha value is -2.24. The third-order valence-electron chi connectivity index (χ3n) is 3.94. The topological polar surface area (TPSA) is 78.4 Å². The largest absolute Gasteiger partial charge is 0.465 e. The van der Waals surface area contributed by atoms with E-state index in [0.717, 1.165) is 16.7 Å². The summed E-state index contributed by atoms with van der Waals surface area (Å²) in [6, 6.07) is 12.7. The lowest BCUT2D eigenvalue weighted by Crippen LogP contribution is -2.46. The number of amides is 2. The van der Waals surface area contributed by atoms with Crippen LogP contribution >= 0.6 is 23.2 Å². The molecule has 0 bridgehead atoms. The Balaban J connectivity index is 1.90. The highest BCUT2D eigenvalue weighted by Gasteiger charge is 2.17. The van der Waals surface area contributed by atoms with Crippen molar-refractivity contribution in [3.63, 3.8) is 0 Å². The molecule has 0 aromatic heterocycles. The maximum absolute atomic E-state index is 11.9. The lowest BCUT2D eigenvalue weighted by atomic mass is 10.0. The predicted octanol–water partition coefficient (Wildman–Crippen LogP) is 4.37. The molecule has 5 nitrogen and oxygen atoms in total. The summed E-state index contributed by atoms with van der Waals surface area (Å²) < 4.78 is 0. The third kappa shape index (κ3) is 5.64. The Kier molecular flexibility index (Phi) is 7.30. The van der Waals surface area contributed by atoms with Gasteiger partial charge in [-0.15, -0.1) is 0 Å². The van der Waals surface area contributed by atoms with Gasteiger partial charge in [0.25, 0.3) is 0 Å². The van der Waals surface area contributed by atoms with Gasteiger partial charge < -0.3 is 15.7 Å². The number of carbonyl (C=O) groups excluding carboxylic acids is 1. The molecule has 0 aliphatic rings. The second-order valence-corrected chi connectivity index (χ2v) is 6.59. The molecular formula is C19H20Cl2N2O3. The van der Waals surface area contributed by atoms with Gasteiger partial charge in [-0.05, 0) is 41.7 Å². The molecule has 0 heterocycles. The van der Waals surface area contributed by atoms with Crippen molar-refractivity contribution >= 4 is 35.2 Å². The quantitative estimate of drug-likeness (QED) is 0.652. The lowest BCUT2D eigenvalue weighted by molar-refractivity contribution is -0.123. The second-order valence-electron chi connectivity index (χ2n) is 5.78. The molecule has 138 valence electrons. The normalized spacial score (nSPS) is 11.7. The van der Waals surface area contributed by atoms with Gasteiger partial charge in [-0.25, -0.2) is 4.79 Å². The summed E-state index contributed by atoms with van der Waals surface area (Å²) in [6.07, 6.45) is -0.155. The van der Waals surface area contributed by atoms with Gasteiger partial charge in [0.15, 0.2) is 0 Å². The minimum absolute atomic E-state index is 0.317. The summed E-state index contributed by atoms with van der Waals surface area (Å²) >= 11 is 12.0. The van der Waals surface area contributed by atoms with Crippen molar-refractivity contribution in [2.75, 3.05) is 6.54 Å². The molecule has 0 aliphatic heterocycles. The Morgan fingerprint density at radius 1 is 1.04 bits per heavy atom. The van der Waals surface area contributed by atoms with Gasteiger partial charge in [0.2, 0.25) is 5.91 Å². The van der Waals surface area contributed by atoms with E-state index in [2.05, 4.69) is 10.6 Å². The standard InChI is InChI=1S/C19H20Cl2N2O3/c1-2-17(23-19(25)26)18(24)22-10-9-12-3-5-13(6-4-12)14-7-8-15(20)16(21)11-14/h3-8,11,17,23H,2,9-10H2,1H3,(H,22,24)(H,25,26). The van der Waals surface area contributed by atoms with Crippen molar-refractivity contribution in [2.24, 2.45) is 0 Å². The van der Waals surface area contributed by atoms with E-state index in [1.165, 1.54) is 0 Å². The molecule has 2 amide bonds. The van der Waals surface area contributed by atoms with Crippen LogP contribution in [0, 0.1) is 0 Å². The van der Waals surface area contributed by atoms with Crippen LogP contribution in [0.5, 0.6) is 0 Å². The zero-order chi connectivity index (χ0) is 19.1. The molecule has 1 atom stereocenters. The Morgan fingerprint density at radius 2 is 1.69 bits per heavy atom. The summed E-state index contributed by atoms with van der Waals surface area (Å²) in [7, 11) is 0. The van der Waals surface area contributed by atoms with E-state index >= 15 is 0 Å². The van der Waals surface area contributed by atoms with E-state index in [1.807, 2.05) is 36.4 Å². The maximum Gasteiger partial charge on any atom is 0.405 e. The molecule has 0 saturated carbocycles. The van der Waals surface area contributed by atoms with Crippen LogP contribution in [0.25, 0.3) is 11.1 Å². The average molecular weight is 395 g/mol. The van der Waals surface area contributed by atoms with Crippen molar-refractivity contribution in [3.05, 3.63) is 58.1 Å². The fraction of sp³-hybridized carbons (Fsp3) is 0.263. The summed E-state index contributed by atoms with van der Waals surface area (Å²) in [5, 5.41) is 14.7. The molecule has 26 heavy (non-hydrogen) atoms. The first kappa shape index (κ1) is 20.1. The van der Waals surface area contributed by atoms with Gasteiger partial charge in [-0.3, -0.25) is 4.79 Å². The minimum atomic E-state index is -1.20. The lowest BCUT2D eigenvalue weighted by Gasteiger charge is -2.14. The molecule has 0 aliphatic carbocycles. The summed E-state index contributed by atoms with van der Waals surface area (Å²) in [5.41, 5.74) is 3.06. The molecular weight excluding hydrogens is 375 g/mol. The van der Waals surface area contributed by atoms with Gasteiger partial charge in [-0.2, -0.15) is 0 Å². The Bertz CT molecular complexity index is 779. The SMILES string of the molecule is CCC(NC(=O)O)C(=O)NCCc1ccc(-c2ccc(Cl)c(Cl)c2)cc1. The van der Waals surface area contributed by atoms with Gasteiger partial charge in [-0.1, -0.05) is 60.5 Å². The molecule has 0 fully saturated rings. The monoisotopic (exact) mass is 394 g/mol. The van der Waals surface area contributed by atoms with Crippen LogP contribution < -0.4 is 10.6 Å². The van der Waals surface area contributed by atoms with Gasteiger partial charge in [0, 0.05) is 6.54 Å². The summed E-state index contributed by atoms with van der Waals surface area (Å²) in [6.45, 7) is 2.19. The number of halogens is 2. The molecule has 2 aromatic carbocycles. The fourth-order valence-electron chi connectivity index (χ4n) is 2.49. The van der Waals surface area contributed by atoms with E-state index in [9.17, 15) is 9.59 Å². The molecule has 0 radical (unpaired) electrons. The van der Waals surface area contributed by atoms with Crippen LogP contribution in [0.2, 0.25) is 10.0 Å². The van der Waals surface area contributed by atoms with Crippen molar-refractivity contribution < 1.29 is 14.7 Å². The first-order chi connectivity index (χ1) is 12.4. The molecule has 0 spiro atoms. The van der Waals surface area contributed by atoms with Crippen LogP contribution in [0.1, 0.15) is 18.9 Å². The number of hydrogen-bond donors (Lipinski definition) is 3. The number of carboxylic acid groups (broad SMARTS) is 1. The first-order valence-electron chi connectivity index (χ1n) is 8.22. The zero-order valence-electron chi connectivity index (χ0n) is 14.3. The number of hydrogen-bond acceptors (Lipinski definition) is 2. The second kappa shape index (κ2) is 9.46. The van der Waals surface area contributed by atoms with Crippen LogP contribution in [-0.4, -0.2) is 29.7 Å². The van der Waals surface area contributed by atoms with Crippen LogP contribution in [0.15, 0.2) is 42.5 Å². The fourth-order valence-corrected chi connectivity index (χ4v) is 2.79. The van der Waals surface area contributed by atoms with E-state index in [-0.39, 0.29) is 5.91 Å². The van der Waals surface area contributed by atoms with Crippen molar-refractivity contribution in [1.82, 2.24) is 10.6 Å². The number of benzene rings is 2. The van der Waals surface area contributed by atoms with E-state index < -0.39 is 12.1 Å². The van der Waals surface area contributed by atoms with Crippen LogP contribution in [0.4, 0.5) is 4.79 Å². The Labute approximate surface area is 162 Å². The number of carbonyl (C=O) groups is 2. The average Bonchev–Trinajstić information content (AvgIpc) is 2.62. The molecule has 2 rings (SSSR count). The zero-order valence-corrected chi connectivity index (χ0v) is 15.8. The molecule has 0 saturated heterocycles. The van der Waals surface area contributed by atoms with E-state index in [4.69, 9.17) is 28.3 Å². The molecule has 3 N–H and O–H groups in total. The Morgan fingerprint density at radius 3 is 2.27 bits per heavy atom. The van der Waals surface area contributed by atoms with Crippen LogP contribution in [-0.2, 0) is 11.2 Å². The third-order valence-corrected chi connectivity index (χ3v) is 4.68.